The Morgan fingerprint density at radius 1 is 0.857 bits per heavy atom. The minimum absolute atomic E-state index is 0.0157. The highest BCUT2D eigenvalue weighted by molar-refractivity contribution is 6.21. The van der Waals surface area contributed by atoms with Crippen molar-refractivity contribution in [2.75, 3.05) is 11.9 Å². The monoisotopic (exact) mass is 368 g/mol. The topological polar surface area (TPSA) is 45.9 Å². The lowest BCUT2D eigenvalue weighted by Gasteiger charge is -2.31. The Balaban J connectivity index is 1.60. The van der Waals surface area contributed by atoms with E-state index in [1.165, 1.54) is 16.0 Å². The molecule has 3 aromatic rings. The summed E-state index contributed by atoms with van der Waals surface area (Å²) in [6.45, 7) is 1.74. The molecule has 0 aliphatic carbocycles. The molecule has 0 aromatic heterocycles. The van der Waals surface area contributed by atoms with Crippen molar-refractivity contribution in [1.29, 1.82) is 0 Å². The second-order valence-corrected chi connectivity index (χ2v) is 7.41. The predicted molar refractivity (Wildman–Crippen MR) is 111 cm³/mol. The molecule has 4 heteroatoms. The van der Waals surface area contributed by atoms with E-state index in [0.29, 0.717) is 0 Å². The zero-order valence-electron chi connectivity index (χ0n) is 15.6. The largest absolute Gasteiger partial charge is 0.319 e. The minimum atomic E-state index is -0.344. The number of amides is 1. The Morgan fingerprint density at radius 2 is 1.57 bits per heavy atom. The quantitative estimate of drug-likeness (QED) is 0.718. The van der Waals surface area contributed by atoms with Crippen LogP contribution >= 0.6 is 0 Å². The van der Waals surface area contributed by atoms with Crippen LogP contribution in [0, 0.1) is 0 Å². The Labute approximate surface area is 164 Å². The minimum Gasteiger partial charge on any atom is -0.319 e. The van der Waals surface area contributed by atoms with Crippen molar-refractivity contribution in [2.24, 2.45) is 4.99 Å². The van der Waals surface area contributed by atoms with Gasteiger partial charge in [0.25, 0.3) is 5.91 Å². The number of hydrogen-bond acceptors (Lipinski definition) is 2. The van der Waals surface area contributed by atoms with E-state index in [0.717, 1.165) is 42.2 Å². The molecule has 0 radical (unpaired) electrons. The highest BCUT2D eigenvalue weighted by Gasteiger charge is 2.39. The SMILES string of the molecule is O=C1Nc2ccccc2N=C(c2ccccc2)[C@@H]1[NH+]1CCc2ccccc2C1. The van der Waals surface area contributed by atoms with Gasteiger partial charge in [-0.05, 0) is 17.7 Å². The first-order valence-corrected chi connectivity index (χ1v) is 9.75. The molecule has 2 atom stereocenters. The molecule has 3 aromatic carbocycles. The van der Waals surface area contributed by atoms with Gasteiger partial charge in [0.05, 0.1) is 17.9 Å². The average Bonchev–Trinajstić information content (AvgIpc) is 2.89. The Hall–Kier alpha value is -3.24. The van der Waals surface area contributed by atoms with E-state index in [2.05, 4.69) is 29.6 Å². The fraction of sp³-hybridized carbons (Fsp3) is 0.167. The highest BCUT2D eigenvalue weighted by atomic mass is 16.2. The van der Waals surface area contributed by atoms with Gasteiger partial charge in [-0.25, -0.2) is 4.99 Å². The van der Waals surface area contributed by atoms with Crippen molar-refractivity contribution in [1.82, 2.24) is 0 Å². The number of benzene rings is 3. The predicted octanol–water partition coefficient (Wildman–Crippen LogP) is 2.77. The first kappa shape index (κ1) is 16.9. The Morgan fingerprint density at radius 3 is 2.43 bits per heavy atom. The van der Waals surface area contributed by atoms with E-state index < -0.39 is 0 Å². The van der Waals surface area contributed by atoms with Crippen LogP contribution in [0.15, 0.2) is 83.9 Å². The fourth-order valence-electron chi connectivity index (χ4n) is 4.27. The van der Waals surface area contributed by atoms with Crippen LogP contribution in [-0.2, 0) is 17.8 Å². The van der Waals surface area contributed by atoms with Crippen molar-refractivity contribution in [3.63, 3.8) is 0 Å². The lowest BCUT2D eigenvalue weighted by Crippen LogP contribution is -3.17. The van der Waals surface area contributed by atoms with Gasteiger partial charge in [-0.1, -0.05) is 66.7 Å². The summed E-state index contributed by atoms with van der Waals surface area (Å²) in [5, 5.41) is 3.12. The summed E-state index contributed by atoms with van der Waals surface area (Å²) in [5.74, 6) is 0.0157. The summed E-state index contributed by atoms with van der Waals surface area (Å²) in [6.07, 6.45) is 0.976. The standard InChI is InChI=1S/C24H21N3O/c28-24-23(27-15-14-17-8-4-5-11-19(17)16-27)22(18-9-2-1-3-10-18)25-20-12-6-7-13-21(20)26-24/h1-13,23H,14-16H2,(H,26,28)/p+1/t23-/m0/s1. The Kier molecular flexibility index (Phi) is 4.26. The molecule has 28 heavy (non-hydrogen) atoms. The number of fused-ring (bicyclic) bond motifs is 2. The van der Waals surface area contributed by atoms with Crippen LogP contribution in [0.5, 0.6) is 0 Å². The van der Waals surface area contributed by atoms with Gasteiger partial charge < -0.3 is 10.2 Å². The van der Waals surface area contributed by atoms with Crippen molar-refractivity contribution in [3.05, 3.63) is 95.6 Å². The molecule has 0 fully saturated rings. The fourth-order valence-corrected chi connectivity index (χ4v) is 4.27. The summed E-state index contributed by atoms with van der Waals surface area (Å²) >= 11 is 0. The number of carbonyl (C=O) groups is 1. The van der Waals surface area contributed by atoms with Crippen LogP contribution < -0.4 is 10.2 Å². The maximum atomic E-state index is 13.4. The van der Waals surface area contributed by atoms with Crippen molar-refractivity contribution >= 4 is 23.0 Å². The maximum Gasteiger partial charge on any atom is 0.289 e. The molecule has 1 unspecified atom stereocenters. The number of carbonyl (C=O) groups excluding carboxylic acids is 1. The molecule has 0 saturated carbocycles. The Bertz CT molecular complexity index is 1060. The van der Waals surface area contributed by atoms with E-state index in [9.17, 15) is 4.79 Å². The van der Waals surface area contributed by atoms with Gasteiger partial charge in [0.1, 0.15) is 12.3 Å². The number of anilines is 1. The lowest BCUT2D eigenvalue weighted by molar-refractivity contribution is -0.921. The molecule has 2 aliphatic heterocycles. The molecular formula is C24H22N3O+. The van der Waals surface area contributed by atoms with Crippen molar-refractivity contribution in [3.8, 4) is 0 Å². The first-order chi connectivity index (χ1) is 13.8. The smallest absolute Gasteiger partial charge is 0.289 e. The summed E-state index contributed by atoms with van der Waals surface area (Å²) < 4.78 is 0. The molecule has 0 saturated heterocycles. The van der Waals surface area contributed by atoms with Crippen molar-refractivity contribution in [2.45, 2.75) is 19.0 Å². The number of aliphatic imine (C=N–C) groups is 1. The van der Waals surface area contributed by atoms with E-state index in [-0.39, 0.29) is 11.9 Å². The molecule has 2 aliphatic rings. The van der Waals surface area contributed by atoms with E-state index in [1.807, 2.05) is 54.6 Å². The number of quaternary nitrogens is 1. The number of nitrogens with zero attached hydrogens (tertiary/aromatic N) is 1. The number of para-hydroxylation sites is 2. The van der Waals surface area contributed by atoms with Gasteiger partial charge in [-0.15, -0.1) is 0 Å². The normalized spacial score (nSPS) is 21.0. The van der Waals surface area contributed by atoms with Crippen LogP contribution in [0.3, 0.4) is 0 Å². The van der Waals surface area contributed by atoms with Crippen LogP contribution in [-0.4, -0.2) is 24.2 Å². The third-order valence-corrected chi connectivity index (χ3v) is 5.67. The third-order valence-electron chi connectivity index (χ3n) is 5.67. The number of nitrogens with one attached hydrogen (secondary N) is 2. The zero-order chi connectivity index (χ0) is 18.9. The maximum absolute atomic E-state index is 13.4. The van der Waals surface area contributed by atoms with Gasteiger partial charge in [0.2, 0.25) is 6.04 Å². The van der Waals surface area contributed by atoms with E-state index >= 15 is 0 Å². The lowest BCUT2D eigenvalue weighted by atomic mass is 9.95. The van der Waals surface area contributed by atoms with E-state index in [1.54, 1.807) is 0 Å². The van der Waals surface area contributed by atoms with Crippen LogP contribution in [0.25, 0.3) is 0 Å². The molecule has 5 rings (SSSR count). The summed E-state index contributed by atoms with van der Waals surface area (Å²) in [7, 11) is 0. The highest BCUT2D eigenvalue weighted by Crippen LogP contribution is 2.28. The van der Waals surface area contributed by atoms with Crippen molar-refractivity contribution < 1.29 is 9.69 Å². The van der Waals surface area contributed by atoms with Gasteiger partial charge in [0, 0.05) is 17.5 Å². The van der Waals surface area contributed by atoms with Gasteiger partial charge in [-0.2, -0.15) is 0 Å². The summed E-state index contributed by atoms with van der Waals surface area (Å²) in [5.41, 5.74) is 6.16. The number of hydrogen-bond donors (Lipinski definition) is 2. The van der Waals surface area contributed by atoms with Crippen LogP contribution in [0.1, 0.15) is 16.7 Å². The van der Waals surface area contributed by atoms with Gasteiger partial charge in [0.15, 0.2) is 0 Å². The van der Waals surface area contributed by atoms with Gasteiger partial charge >= 0.3 is 0 Å². The second kappa shape index (κ2) is 7.06. The zero-order valence-corrected chi connectivity index (χ0v) is 15.6. The van der Waals surface area contributed by atoms with Gasteiger partial charge in [-0.3, -0.25) is 4.79 Å². The second-order valence-electron chi connectivity index (χ2n) is 7.41. The molecule has 2 heterocycles. The molecular weight excluding hydrogens is 346 g/mol. The molecule has 2 N–H and O–H groups in total. The average molecular weight is 368 g/mol. The molecule has 0 spiro atoms. The number of rotatable bonds is 2. The first-order valence-electron chi connectivity index (χ1n) is 9.75. The third kappa shape index (κ3) is 3.02. The van der Waals surface area contributed by atoms with E-state index in [4.69, 9.17) is 4.99 Å². The molecule has 0 bridgehead atoms. The molecule has 1 amide bonds. The summed E-state index contributed by atoms with van der Waals surface area (Å²) in [6, 6.07) is 26.1. The van der Waals surface area contributed by atoms with Crippen LogP contribution in [0.4, 0.5) is 11.4 Å². The molecule has 4 nitrogen and oxygen atoms in total. The van der Waals surface area contributed by atoms with Crippen LogP contribution in [0.2, 0.25) is 0 Å². The molecule has 138 valence electrons. The summed E-state index contributed by atoms with van der Waals surface area (Å²) in [4.78, 5) is 19.6.